The highest BCUT2D eigenvalue weighted by atomic mass is 16.3. The Bertz CT molecular complexity index is 1210. The van der Waals surface area contributed by atoms with Gasteiger partial charge in [-0.2, -0.15) is 4.98 Å². The van der Waals surface area contributed by atoms with Crippen LogP contribution in [0.3, 0.4) is 0 Å². The second-order valence-electron chi connectivity index (χ2n) is 8.11. The lowest BCUT2D eigenvalue weighted by Gasteiger charge is -2.35. The molecular weight excluding hydrogens is 386 g/mol. The van der Waals surface area contributed by atoms with Gasteiger partial charge < -0.3 is 14.6 Å². The number of carbonyl (C=O) groups is 1. The number of benzene rings is 1. The molecule has 0 aliphatic carbocycles. The number of Topliss-reactive ketones (excluding diaryl/α,β-unsaturated/α-hetero) is 1. The van der Waals surface area contributed by atoms with Crippen LogP contribution in [0.1, 0.15) is 24.5 Å². The number of nitrogens with one attached hydrogen (secondary N) is 1. The van der Waals surface area contributed by atoms with Crippen molar-refractivity contribution in [1.82, 2.24) is 24.4 Å². The molecule has 1 fully saturated rings. The molecule has 0 amide bonds. The van der Waals surface area contributed by atoms with Gasteiger partial charge in [-0.1, -0.05) is 0 Å². The van der Waals surface area contributed by atoms with Gasteiger partial charge in [0.15, 0.2) is 11.5 Å². The lowest BCUT2D eigenvalue weighted by Crippen LogP contribution is -2.46. The smallest absolute Gasteiger partial charge is 0.349 e. The van der Waals surface area contributed by atoms with Gasteiger partial charge in [0, 0.05) is 26.2 Å². The third kappa shape index (κ3) is 3.66. The fourth-order valence-corrected chi connectivity index (χ4v) is 4.13. The van der Waals surface area contributed by atoms with E-state index in [9.17, 15) is 19.5 Å². The van der Waals surface area contributed by atoms with Crippen LogP contribution in [0.15, 0.2) is 21.7 Å². The molecule has 9 nitrogen and oxygen atoms in total. The third-order valence-corrected chi connectivity index (χ3v) is 6.05. The maximum atomic E-state index is 12.4. The molecule has 2 atom stereocenters. The van der Waals surface area contributed by atoms with Crippen molar-refractivity contribution >= 4 is 16.8 Å². The van der Waals surface area contributed by atoms with Crippen LogP contribution in [-0.2, 0) is 11.3 Å². The molecule has 0 spiro atoms. The van der Waals surface area contributed by atoms with E-state index in [0.717, 1.165) is 16.6 Å². The lowest BCUT2D eigenvalue weighted by atomic mass is 9.91. The first kappa shape index (κ1) is 20.4. The molecule has 30 heavy (non-hydrogen) atoms. The summed E-state index contributed by atoms with van der Waals surface area (Å²) < 4.78 is 1.86. The van der Waals surface area contributed by atoms with Crippen molar-refractivity contribution in [3.8, 4) is 11.5 Å². The number of likely N-dealkylation sites (tertiary alicyclic amines) is 1. The molecule has 2 unspecified atom stereocenters. The SMILES string of the molecule is CC(=O)C1CN(CCn2c3nc(=O)[nH]c(=O)c-3nc3cc(C)c(C)cc32)CCC1O. The van der Waals surface area contributed by atoms with Crippen LogP contribution in [0.25, 0.3) is 22.6 Å². The Balaban J connectivity index is 1.76. The Kier molecular flexibility index (Phi) is 5.25. The number of ketones is 1. The molecule has 2 N–H and O–H groups in total. The lowest BCUT2D eigenvalue weighted by molar-refractivity contribution is -0.127. The minimum atomic E-state index is -0.705. The van der Waals surface area contributed by atoms with Crippen molar-refractivity contribution in [2.45, 2.75) is 39.8 Å². The number of H-pyrrole nitrogens is 1. The van der Waals surface area contributed by atoms with Crippen molar-refractivity contribution in [3.05, 3.63) is 44.1 Å². The van der Waals surface area contributed by atoms with E-state index in [-0.39, 0.29) is 17.3 Å². The van der Waals surface area contributed by atoms with Crippen molar-refractivity contribution in [2.75, 3.05) is 19.6 Å². The zero-order valence-corrected chi connectivity index (χ0v) is 17.3. The normalized spacial score (nSPS) is 20.1. The fraction of sp³-hybridized carbons (Fsp3) is 0.476. The molecular formula is C21H25N5O4. The largest absolute Gasteiger partial charge is 0.392 e. The first-order valence-corrected chi connectivity index (χ1v) is 10.1. The van der Waals surface area contributed by atoms with Gasteiger partial charge >= 0.3 is 5.69 Å². The molecule has 4 rings (SSSR count). The number of hydrogen-bond donors (Lipinski definition) is 2. The molecule has 9 heteroatoms. The summed E-state index contributed by atoms with van der Waals surface area (Å²) in [5.41, 5.74) is 2.44. The number of aromatic amines is 1. The van der Waals surface area contributed by atoms with Crippen LogP contribution in [-0.4, -0.2) is 61.0 Å². The minimum absolute atomic E-state index is 0.0186. The van der Waals surface area contributed by atoms with Crippen LogP contribution in [0.4, 0.5) is 0 Å². The molecule has 3 heterocycles. The van der Waals surface area contributed by atoms with E-state index >= 15 is 0 Å². The number of aliphatic hydroxyl groups excluding tert-OH is 1. The van der Waals surface area contributed by atoms with E-state index < -0.39 is 23.3 Å². The zero-order valence-electron chi connectivity index (χ0n) is 17.3. The summed E-state index contributed by atoms with van der Waals surface area (Å²) in [6.45, 7) is 7.70. The Labute approximate surface area is 172 Å². The molecule has 0 radical (unpaired) electrons. The van der Waals surface area contributed by atoms with Gasteiger partial charge in [0.1, 0.15) is 5.78 Å². The fourth-order valence-electron chi connectivity index (χ4n) is 4.13. The second-order valence-corrected chi connectivity index (χ2v) is 8.11. The Morgan fingerprint density at radius 1 is 1.20 bits per heavy atom. The highest BCUT2D eigenvalue weighted by molar-refractivity contribution is 5.81. The molecule has 1 aromatic carbocycles. The summed E-state index contributed by atoms with van der Waals surface area (Å²) in [6.07, 6.45) is -0.0731. The standard InChI is InChI=1S/C21H25N5O4/c1-11-8-15-16(9-12(11)2)26(19-18(22-15)20(29)24-21(30)23-19)7-6-25-5-4-17(28)14(10-25)13(3)27/h8-9,14,17,28H,4-7,10H2,1-3H3,(H,24,29,30). The number of hydrogen-bond acceptors (Lipinski definition) is 7. The van der Waals surface area contributed by atoms with E-state index in [1.807, 2.05) is 30.5 Å². The molecule has 1 saturated heterocycles. The number of fused-ring (bicyclic) bond motifs is 2. The summed E-state index contributed by atoms with van der Waals surface area (Å²) in [4.78, 5) is 48.9. The number of piperidine rings is 1. The zero-order chi connectivity index (χ0) is 21.6. The van der Waals surface area contributed by atoms with Crippen molar-refractivity contribution in [3.63, 3.8) is 0 Å². The Morgan fingerprint density at radius 2 is 1.93 bits per heavy atom. The van der Waals surface area contributed by atoms with Gasteiger partial charge in [-0.25, -0.2) is 9.78 Å². The van der Waals surface area contributed by atoms with Crippen LogP contribution in [0.2, 0.25) is 0 Å². The Morgan fingerprint density at radius 3 is 2.67 bits per heavy atom. The third-order valence-electron chi connectivity index (χ3n) is 6.05. The number of aromatic nitrogens is 4. The van der Waals surface area contributed by atoms with Gasteiger partial charge in [-0.05, 0) is 50.5 Å². The number of carbonyl (C=O) groups excluding carboxylic acids is 1. The van der Waals surface area contributed by atoms with Gasteiger partial charge in [0.2, 0.25) is 0 Å². The molecule has 158 valence electrons. The summed E-state index contributed by atoms with van der Waals surface area (Å²) in [5, 5.41) is 10.1. The molecule has 0 saturated carbocycles. The van der Waals surface area contributed by atoms with Crippen molar-refractivity contribution in [1.29, 1.82) is 0 Å². The van der Waals surface area contributed by atoms with Crippen LogP contribution in [0, 0.1) is 19.8 Å². The maximum absolute atomic E-state index is 12.4. The monoisotopic (exact) mass is 411 g/mol. The van der Waals surface area contributed by atoms with E-state index in [4.69, 9.17) is 0 Å². The molecule has 0 aromatic heterocycles. The minimum Gasteiger partial charge on any atom is -0.392 e. The van der Waals surface area contributed by atoms with Gasteiger partial charge in [0.25, 0.3) is 5.56 Å². The van der Waals surface area contributed by atoms with Crippen LogP contribution in [0.5, 0.6) is 0 Å². The number of aryl methyl sites for hydroxylation is 2. The van der Waals surface area contributed by atoms with Crippen LogP contribution >= 0.6 is 0 Å². The highest BCUT2D eigenvalue weighted by Gasteiger charge is 2.31. The quantitative estimate of drug-likeness (QED) is 0.599. The molecule has 1 aromatic rings. The average molecular weight is 411 g/mol. The van der Waals surface area contributed by atoms with E-state index in [1.165, 1.54) is 6.92 Å². The van der Waals surface area contributed by atoms with E-state index in [2.05, 4.69) is 19.9 Å². The predicted molar refractivity (Wildman–Crippen MR) is 112 cm³/mol. The van der Waals surface area contributed by atoms with Gasteiger partial charge in [0.05, 0.1) is 23.1 Å². The number of nitrogens with zero attached hydrogens (tertiary/aromatic N) is 4. The molecule has 0 bridgehead atoms. The number of rotatable bonds is 4. The second kappa shape index (κ2) is 7.73. The Hall–Kier alpha value is -2.91. The first-order chi connectivity index (χ1) is 14.2. The average Bonchev–Trinajstić information content (AvgIpc) is 2.68. The van der Waals surface area contributed by atoms with E-state index in [1.54, 1.807) is 0 Å². The van der Waals surface area contributed by atoms with Crippen molar-refractivity contribution < 1.29 is 9.90 Å². The molecule has 3 aliphatic rings. The van der Waals surface area contributed by atoms with Gasteiger partial charge in [-0.3, -0.25) is 14.6 Å². The topological polar surface area (TPSA) is 121 Å². The summed E-state index contributed by atoms with van der Waals surface area (Å²) >= 11 is 0. The summed E-state index contributed by atoms with van der Waals surface area (Å²) in [5.74, 6) is -0.164. The van der Waals surface area contributed by atoms with Gasteiger partial charge in [-0.15, -0.1) is 0 Å². The molecule has 3 aliphatic heterocycles. The van der Waals surface area contributed by atoms with Crippen molar-refractivity contribution in [2.24, 2.45) is 5.92 Å². The predicted octanol–water partition coefficient (Wildman–Crippen LogP) is 0.473. The first-order valence-electron chi connectivity index (χ1n) is 10.1. The van der Waals surface area contributed by atoms with Crippen LogP contribution < -0.4 is 11.2 Å². The maximum Gasteiger partial charge on any atom is 0.349 e. The number of aliphatic hydroxyl groups is 1. The highest BCUT2D eigenvalue weighted by Crippen LogP contribution is 2.24. The van der Waals surface area contributed by atoms with E-state index in [0.29, 0.717) is 38.1 Å². The summed E-state index contributed by atoms with van der Waals surface area (Å²) in [7, 11) is 0. The summed E-state index contributed by atoms with van der Waals surface area (Å²) in [6, 6.07) is 3.91.